The Morgan fingerprint density at radius 2 is 2.13 bits per heavy atom. The molecule has 0 fully saturated rings. The molecule has 5 heteroatoms. The zero-order valence-electron chi connectivity index (χ0n) is 8.45. The summed E-state index contributed by atoms with van der Waals surface area (Å²) in [5.74, 6) is 0.186. The van der Waals surface area contributed by atoms with Crippen LogP contribution in [0.15, 0.2) is 16.5 Å². The number of carboxylic acid groups (broad SMARTS) is 1. The lowest BCUT2D eigenvalue weighted by Gasteiger charge is -2.01. The largest absolute Gasteiger partial charge is 0.481 e. The highest BCUT2D eigenvalue weighted by molar-refractivity contribution is 5.80. The van der Waals surface area contributed by atoms with Gasteiger partial charge in [-0.3, -0.25) is 9.59 Å². The fraction of sp³-hybridized carbons (Fsp3) is 0.400. The lowest BCUT2D eigenvalue weighted by atomic mass is 10.3. The Hall–Kier alpha value is -1.78. The molecule has 0 bridgehead atoms. The quantitative estimate of drug-likeness (QED) is 0.763. The summed E-state index contributed by atoms with van der Waals surface area (Å²) < 4.78 is 5.23. The molecule has 5 nitrogen and oxygen atoms in total. The number of carboxylic acids is 1. The molecule has 1 amide bonds. The predicted octanol–water partition coefficient (Wildman–Crippen LogP) is 1.07. The number of carbonyl (C=O) groups is 2. The zero-order valence-corrected chi connectivity index (χ0v) is 8.45. The van der Waals surface area contributed by atoms with Gasteiger partial charge in [0.2, 0.25) is 5.91 Å². The van der Waals surface area contributed by atoms with Gasteiger partial charge >= 0.3 is 5.97 Å². The van der Waals surface area contributed by atoms with Crippen LogP contribution in [-0.4, -0.2) is 17.0 Å². The van der Waals surface area contributed by atoms with Crippen LogP contribution in [0.3, 0.4) is 0 Å². The van der Waals surface area contributed by atoms with E-state index in [1.54, 1.807) is 12.1 Å². The molecule has 0 atom stereocenters. The third-order valence-electron chi connectivity index (χ3n) is 1.82. The summed E-state index contributed by atoms with van der Waals surface area (Å²) in [7, 11) is 0. The van der Waals surface area contributed by atoms with Crippen molar-refractivity contribution in [3.05, 3.63) is 23.7 Å². The van der Waals surface area contributed by atoms with E-state index >= 15 is 0 Å². The summed E-state index contributed by atoms with van der Waals surface area (Å²) >= 11 is 0. The van der Waals surface area contributed by atoms with Crippen LogP contribution in [0.5, 0.6) is 0 Å². The van der Waals surface area contributed by atoms with Crippen molar-refractivity contribution in [2.24, 2.45) is 0 Å². The summed E-state index contributed by atoms with van der Waals surface area (Å²) in [6, 6.07) is 3.57. The van der Waals surface area contributed by atoms with Crippen molar-refractivity contribution < 1.29 is 19.1 Å². The smallest absolute Gasteiger partial charge is 0.303 e. The molecular formula is C10H13NO4. The first-order valence-electron chi connectivity index (χ1n) is 4.62. The number of furan rings is 1. The van der Waals surface area contributed by atoms with Crippen LogP contribution in [0.4, 0.5) is 0 Å². The molecule has 0 aliphatic carbocycles. The number of aryl methyl sites for hydroxylation is 1. The molecule has 0 saturated heterocycles. The molecule has 2 N–H and O–H groups in total. The Kier molecular flexibility index (Phi) is 3.91. The average Bonchev–Trinajstić information content (AvgIpc) is 2.58. The van der Waals surface area contributed by atoms with Crippen LogP contribution >= 0.6 is 0 Å². The third kappa shape index (κ3) is 4.30. The van der Waals surface area contributed by atoms with E-state index in [-0.39, 0.29) is 18.7 Å². The second kappa shape index (κ2) is 5.19. The Labute approximate surface area is 87.1 Å². The van der Waals surface area contributed by atoms with Crippen molar-refractivity contribution in [2.75, 3.05) is 0 Å². The first-order valence-corrected chi connectivity index (χ1v) is 4.62. The lowest BCUT2D eigenvalue weighted by Crippen LogP contribution is -2.22. The van der Waals surface area contributed by atoms with Crippen LogP contribution in [-0.2, 0) is 16.1 Å². The summed E-state index contributed by atoms with van der Waals surface area (Å²) in [4.78, 5) is 21.3. The number of hydrogen-bond donors (Lipinski definition) is 2. The van der Waals surface area contributed by atoms with E-state index < -0.39 is 5.97 Å². The van der Waals surface area contributed by atoms with Crippen molar-refractivity contribution in [1.29, 1.82) is 0 Å². The predicted molar refractivity (Wildman–Crippen MR) is 52.2 cm³/mol. The van der Waals surface area contributed by atoms with Gasteiger partial charge in [-0.15, -0.1) is 0 Å². The molecule has 1 aromatic heterocycles. The van der Waals surface area contributed by atoms with Gasteiger partial charge in [-0.25, -0.2) is 0 Å². The molecular weight excluding hydrogens is 198 g/mol. The van der Waals surface area contributed by atoms with Crippen molar-refractivity contribution in [2.45, 2.75) is 26.3 Å². The number of aliphatic carboxylic acids is 1. The van der Waals surface area contributed by atoms with Gasteiger partial charge in [0, 0.05) is 6.42 Å². The molecule has 1 heterocycles. The molecule has 82 valence electrons. The summed E-state index contributed by atoms with van der Waals surface area (Å²) in [5, 5.41) is 10.9. The maximum atomic E-state index is 11.1. The fourth-order valence-corrected chi connectivity index (χ4v) is 1.07. The standard InChI is InChI=1S/C10H13NO4/c1-7-2-3-8(15-7)6-11-9(12)4-5-10(13)14/h2-3H,4-6H2,1H3,(H,11,12)(H,13,14). The SMILES string of the molecule is Cc1ccc(CNC(=O)CCC(=O)O)o1. The van der Waals surface area contributed by atoms with E-state index in [1.807, 2.05) is 6.92 Å². The maximum absolute atomic E-state index is 11.1. The summed E-state index contributed by atoms with van der Waals surface area (Å²) in [5.41, 5.74) is 0. The molecule has 0 aromatic carbocycles. The number of carbonyl (C=O) groups excluding carboxylic acids is 1. The van der Waals surface area contributed by atoms with Crippen LogP contribution < -0.4 is 5.32 Å². The molecule has 0 aliphatic rings. The van der Waals surface area contributed by atoms with Gasteiger partial charge in [0.05, 0.1) is 13.0 Å². The normalized spacial score (nSPS) is 9.93. The first-order chi connectivity index (χ1) is 7.08. The minimum Gasteiger partial charge on any atom is -0.481 e. The average molecular weight is 211 g/mol. The van der Waals surface area contributed by atoms with Gasteiger partial charge in [0.25, 0.3) is 0 Å². The van der Waals surface area contributed by atoms with E-state index in [4.69, 9.17) is 9.52 Å². The fourth-order valence-electron chi connectivity index (χ4n) is 1.07. The monoisotopic (exact) mass is 211 g/mol. The lowest BCUT2D eigenvalue weighted by molar-refractivity contribution is -0.138. The molecule has 1 rings (SSSR count). The molecule has 0 aliphatic heterocycles. The van der Waals surface area contributed by atoms with E-state index in [2.05, 4.69) is 5.32 Å². The highest BCUT2D eigenvalue weighted by Crippen LogP contribution is 2.05. The van der Waals surface area contributed by atoms with Crippen molar-refractivity contribution in [1.82, 2.24) is 5.32 Å². The number of hydrogen-bond acceptors (Lipinski definition) is 3. The van der Waals surface area contributed by atoms with Crippen LogP contribution in [0.25, 0.3) is 0 Å². The Morgan fingerprint density at radius 1 is 1.40 bits per heavy atom. The first kappa shape index (κ1) is 11.3. The van der Waals surface area contributed by atoms with Crippen LogP contribution in [0.2, 0.25) is 0 Å². The summed E-state index contributed by atoms with van der Waals surface area (Å²) in [6.07, 6.45) is -0.155. The molecule has 0 spiro atoms. The molecule has 15 heavy (non-hydrogen) atoms. The van der Waals surface area contributed by atoms with Crippen molar-refractivity contribution >= 4 is 11.9 Å². The zero-order chi connectivity index (χ0) is 11.3. The van der Waals surface area contributed by atoms with Crippen LogP contribution in [0.1, 0.15) is 24.4 Å². The van der Waals surface area contributed by atoms with Gasteiger partial charge in [0.15, 0.2) is 0 Å². The topological polar surface area (TPSA) is 79.5 Å². The Bertz CT molecular complexity index is 356. The maximum Gasteiger partial charge on any atom is 0.303 e. The van der Waals surface area contributed by atoms with Gasteiger partial charge in [-0.1, -0.05) is 0 Å². The van der Waals surface area contributed by atoms with Crippen molar-refractivity contribution in [3.8, 4) is 0 Å². The van der Waals surface area contributed by atoms with E-state index in [0.29, 0.717) is 12.3 Å². The highest BCUT2D eigenvalue weighted by Gasteiger charge is 2.05. The van der Waals surface area contributed by atoms with E-state index in [9.17, 15) is 9.59 Å². The van der Waals surface area contributed by atoms with Gasteiger partial charge in [-0.05, 0) is 19.1 Å². The third-order valence-corrected chi connectivity index (χ3v) is 1.82. The summed E-state index contributed by atoms with van der Waals surface area (Å²) in [6.45, 7) is 2.11. The molecule has 1 aromatic rings. The molecule has 0 radical (unpaired) electrons. The Balaban J connectivity index is 2.25. The van der Waals surface area contributed by atoms with E-state index in [0.717, 1.165) is 5.76 Å². The minimum atomic E-state index is -0.973. The molecule has 0 unspecified atom stereocenters. The number of rotatable bonds is 5. The second-order valence-corrected chi connectivity index (χ2v) is 3.18. The second-order valence-electron chi connectivity index (χ2n) is 3.18. The number of amides is 1. The minimum absolute atomic E-state index is 0.00494. The Morgan fingerprint density at radius 3 is 2.67 bits per heavy atom. The van der Waals surface area contributed by atoms with Crippen molar-refractivity contribution in [3.63, 3.8) is 0 Å². The van der Waals surface area contributed by atoms with Crippen LogP contribution in [0, 0.1) is 6.92 Å². The van der Waals surface area contributed by atoms with Gasteiger partial charge < -0.3 is 14.8 Å². The highest BCUT2D eigenvalue weighted by atomic mass is 16.4. The number of nitrogens with one attached hydrogen (secondary N) is 1. The molecule has 0 saturated carbocycles. The van der Waals surface area contributed by atoms with E-state index in [1.165, 1.54) is 0 Å². The van der Waals surface area contributed by atoms with Gasteiger partial charge in [0.1, 0.15) is 11.5 Å². The van der Waals surface area contributed by atoms with Gasteiger partial charge in [-0.2, -0.15) is 0 Å².